The van der Waals surface area contributed by atoms with Crippen LogP contribution >= 0.6 is 11.3 Å². The Balaban J connectivity index is 2.35. The van der Waals surface area contributed by atoms with E-state index < -0.39 is 0 Å². The van der Waals surface area contributed by atoms with E-state index in [2.05, 4.69) is 60.5 Å². The molecule has 120 valence electrons. The Labute approximate surface area is 133 Å². The van der Waals surface area contributed by atoms with Gasteiger partial charge in [0.05, 0.1) is 6.54 Å². The maximum absolute atomic E-state index is 4.64. The van der Waals surface area contributed by atoms with Crippen LogP contribution in [0.2, 0.25) is 0 Å². The van der Waals surface area contributed by atoms with Gasteiger partial charge in [-0.1, -0.05) is 13.3 Å². The zero-order valence-corrected chi connectivity index (χ0v) is 14.7. The van der Waals surface area contributed by atoms with Crippen LogP contribution in [-0.4, -0.2) is 44.1 Å². The van der Waals surface area contributed by atoms with Gasteiger partial charge in [0.1, 0.15) is 0 Å². The van der Waals surface area contributed by atoms with Crippen molar-refractivity contribution in [3.05, 3.63) is 21.9 Å². The Morgan fingerprint density at radius 1 is 1.24 bits per heavy atom. The van der Waals surface area contributed by atoms with Crippen LogP contribution in [0.3, 0.4) is 0 Å². The number of nitrogens with one attached hydrogen (secondary N) is 2. The molecule has 0 aliphatic rings. The number of aliphatic imine (C=N–C) groups is 1. The Morgan fingerprint density at radius 3 is 2.67 bits per heavy atom. The van der Waals surface area contributed by atoms with E-state index >= 15 is 0 Å². The Hall–Kier alpha value is -1.07. The third kappa shape index (κ3) is 8.07. The van der Waals surface area contributed by atoms with E-state index in [1.807, 2.05) is 11.3 Å². The predicted molar refractivity (Wildman–Crippen MR) is 94.3 cm³/mol. The topological polar surface area (TPSA) is 39.7 Å². The van der Waals surface area contributed by atoms with Crippen LogP contribution in [0.15, 0.2) is 17.1 Å². The quantitative estimate of drug-likeness (QED) is 0.544. The summed E-state index contributed by atoms with van der Waals surface area (Å²) < 4.78 is 0. The van der Waals surface area contributed by atoms with E-state index in [1.54, 1.807) is 0 Å². The third-order valence-electron chi connectivity index (χ3n) is 3.21. The molecule has 0 atom stereocenters. The van der Waals surface area contributed by atoms with E-state index in [0.29, 0.717) is 0 Å². The minimum Gasteiger partial charge on any atom is -0.357 e. The van der Waals surface area contributed by atoms with E-state index in [4.69, 9.17) is 0 Å². The highest BCUT2D eigenvalue weighted by Crippen LogP contribution is 2.15. The minimum atomic E-state index is 0.750. The maximum atomic E-state index is 4.64. The van der Waals surface area contributed by atoms with Crippen molar-refractivity contribution in [2.45, 2.75) is 40.2 Å². The number of hydrogen-bond donors (Lipinski definition) is 2. The van der Waals surface area contributed by atoms with Crippen LogP contribution in [0.5, 0.6) is 0 Å². The van der Waals surface area contributed by atoms with E-state index in [9.17, 15) is 0 Å². The first kappa shape index (κ1) is 18.0. The molecule has 0 saturated heterocycles. The van der Waals surface area contributed by atoms with Crippen molar-refractivity contribution in [1.82, 2.24) is 15.5 Å². The van der Waals surface area contributed by atoms with Gasteiger partial charge >= 0.3 is 0 Å². The molecule has 2 N–H and O–H groups in total. The zero-order chi connectivity index (χ0) is 15.5. The van der Waals surface area contributed by atoms with Crippen LogP contribution < -0.4 is 10.6 Å². The van der Waals surface area contributed by atoms with Crippen LogP contribution in [0.25, 0.3) is 0 Å². The molecule has 0 amide bonds. The molecule has 1 aromatic heterocycles. The SMILES string of the molecule is CCCCN(C)CCNC(=NCc1ccc(C)s1)NCC. The first-order valence-electron chi connectivity index (χ1n) is 7.91. The van der Waals surface area contributed by atoms with Crippen molar-refractivity contribution >= 4 is 17.3 Å². The van der Waals surface area contributed by atoms with E-state index in [-0.39, 0.29) is 0 Å². The van der Waals surface area contributed by atoms with Crippen molar-refractivity contribution in [1.29, 1.82) is 0 Å². The molecule has 0 saturated carbocycles. The molecule has 4 nitrogen and oxygen atoms in total. The van der Waals surface area contributed by atoms with E-state index in [0.717, 1.165) is 32.1 Å². The van der Waals surface area contributed by atoms with Crippen molar-refractivity contribution in [2.75, 3.05) is 33.2 Å². The standard InChI is InChI=1S/C16H30N4S/c1-5-7-11-20(4)12-10-18-16(17-6-2)19-13-15-9-8-14(3)21-15/h8-9H,5-7,10-13H2,1-4H3,(H2,17,18,19). The molecule has 5 heteroatoms. The van der Waals surface area contributed by atoms with Crippen LogP contribution in [-0.2, 0) is 6.54 Å². The average molecular weight is 311 g/mol. The van der Waals surface area contributed by atoms with Crippen LogP contribution in [0, 0.1) is 6.92 Å². The number of guanidine groups is 1. The number of hydrogen-bond acceptors (Lipinski definition) is 3. The van der Waals surface area contributed by atoms with Crippen LogP contribution in [0.1, 0.15) is 36.4 Å². The van der Waals surface area contributed by atoms with Gasteiger partial charge in [0.25, 0.3) is 0 Å². The second kappa shape index (κ2) is 10.6. The molecule has 0 aliphatic carbocycles. The summed E-state index contributed by atoms with van der Waals surface area (Å²) in [7, 11) is 2.18. The summed E-state index contributed by atoms with van der Waals surface area (Å²) in [6.45, 7) is 11.2. The first-order chi connectivity index (χ1) is 10.2. The van der Waals surface area contributed by atoms with Gasteiger partial charge in [0, 0.05) is 29.4 Å². The fraction of sp³-hybridized carbons (Fsp3) is 0.688. The summed E-state index contributed by atoms with van der Waals surface area (Å²) in [5, 5.41) is 6.71. The largest absolute Gasteiger partial charge is 0.357 e. The smallest absolute Gasteiger partial charge is 0.191 e. The number of rotatable bonds is 9. The van der Waals surface area contributed by atoms with Gasteiger partial charge in [-0.15, -0.1) is 11.3 Å². The molecule has 0 aliphatic heterocycles. The molecule has 0 unspecified atom stereocenters. The molecule has 1 aromatic rings. The number of aryl methyl sites for hydroxylation is 1. The third-order valence-corrected chi connectivity index (χ3v) is 4.20. The lowest BCUT2D eigenvalue weighted by Crippen LogP contribution is -2.41. The fourth-order valence-electron chi connectivity index (χ4n) is 1.97. The lowest BCUT2D eigenvalue weighted by atomic mass is 10.3. The number of nitrogens with zero attached hydrogens (tertiary/aromatic N) is 2. The number of thiophene rings is 1. The molecule has 21 heavy (non-hydrogen) atoms. The van der Waals surface area contributed by atoms with Gasteiger partial charge in [0.15, 0.2) is 5.96 Å². The summed E-state index contributed by atoms with van der Waals surface area (Å²) >= 11 is 1.81. The van der Waals surface area contributed by atoms with Crippen molar-refractivity contribution in [2.24, 2.45) is 4.99 Å². The Kier molecular flexibility index (Phi) is 9.10. The van der Waals surface area contributed by atoms with Gasteiger partial charge in [-0.2, -0.15) is 0 Å². The molecule has 1 heterocycles. The highest BCUT2D eigenvalue weighted by Gasteiger charge is 2.01. The molecular formula is C16H30N4S. The summed E-state index contributed by atoms with van der Waals surface area (Å²) in [5.41, 5.74) is 0. The summed E-state index contributed by atoms with van der Waals surface area (Å²) in [4.78, 5) is 9.66. The van der Waals surface area contributed by atoms with Crippen molar-refractivity contribution in [3.8, 4) is 0 Å². The first-order valence-corrected chi connectivity index (χ1v) is 8.73. The second-order valence-electron chi connectivity index (χ2n) is 5.29. The van der Waals surface area contributed by atoms with E-state index in [1.165, 1.54) is 29.1 Å². The Morgan fingerprint density at radius 2 is 2.05 bits per heavy atom. The van der Waals surface area contributed by atoms with Gasteiger partial charge < -0.3 is 15.5 Å². The monoisotopic (exact) mass is 310 g/mol. The second-order valence-corrected chi connectivity index (χ2v) is 6.66. The molecule has 0 radical (unpaired) electrons. The fourth-order valence-corrected chi connectivity index (χ4v) is 2.79. The predicted octanol–water partition coefficient (Wildman–Crippen LogP) is 2.84. The van der Waals surface area contributed by atoms with Crippen molar-refractivity contribution < 1.29 is 0 Å². The average Bonchev–Trinajstić information content (AvgIpc) is 2.88. The summed E-state index contributed by atoms with van der Waals surface area (Å²) in [6.07, 6.45) is 2.52. The molecule has 0 fully saturated rings. The van der Waals surface area contributed by atoms with Gasteiger partial charge in [-0.25, -0.2) is 4.99 Å². The van der Waals surface area contributed by atoms with Crippen LogP contribution in [0.4, 0.5) is 0 Å². The molecule has 0 spiro atoms. The maximum Gasteiger partial charge on any atom is 0.191 e. The minimum absolute atomic E-state index is 0.750. The molecule has 0 bridgehead atoms. The zero-order valence-electron chi connectivity index (χ0n) is 13.9. The summed E-state index contributed by atoms with van der Waals surface area (Å²) in [5.74, 6) is 0.910. The normalized spacial score (nSPS) is 12.0. The molecule has 1 rings (SSSR count). The summed E-state index contributed by atoms with van der Waals surface area (Å²) in [6, 6.07) is 4.31. The number of likely N-dealkylation sites (N-methyl/N-ethyl adjacent to an activating group) is 1. The van der Waals surface area contributed by atoms with Gasteiger partial charge in [0.2, 0.25) is 0 Å². The highest BCUT2D eigenvalue weighted by molar-refractivity contribution is 7.11. The molecular weight excluding hydrogens is 280 g/mol. The number of unbranched alkanes of at least 4 members (excludes halogenated alkanes) is 1. The lowest BCUT2D eigenvalue weighted by molar-refractivity contribution is 0.332. The lowest BCUT2D eigenvalue weighted by Gasteiger charge is -2.17. The van der Waals surface area contributed by atoms with Gasteiger partial charge in [-0.05, 0) is 46.0 Å². The van der Waals surface area contributed by atoms with Crippen molar-refractivity contribution in [3.63, 3.8) is 0 Å². The van der Waals surface area contributed by atoms with Gasteiger partial charge in [-0.3, -0.25) is 0 Å². The molecule has 0 aromatic carbocycles. The Bertz CT molecular complexity index is 414. The highest BCUT2D eigenvalue weighted by atomic mass is 32.1.